The predicted molar refractivity (Wildman–Crippen MR) is 113 cm³/mol. The Hall–Kier alpha value is -3.61. The van der Waals surface area contributed by atoms with Crippen molar-refractivity contribution in [3.8, 4) is 5.75 Å². The summed E-state index contributed by atoms with van der Waals surface area (Å²) in [6.45, 7) is -1.04. The van der Waals surface area contributed by atoms with Crippen LogP contribution >= 0.6 is 0 Å². The zero-order chi connectivity index (χ0) is 24.6. The molecule has 0 aromatic heterocycles. The Kier molecular flexibility index (Phi) is 8.40. The lowest BCUT2D eigenvalue weighted by Crippen LogP contribution is -2.39. The predicted octanol–water partition coefficient (Wildman–Crippen LogP) is 2.17. The van der Waals surface area contributed by atoms with Crippen LogP contribution in [-0.2, 0) is 30.5 Å². The number of methoxy groups -OCH3 is 1. The molecule has 2 aromatic rings. The summed E-state index contributed by atoms with van der Waals surface area (Å²) in [6.07, 6.45) is -2.64. The Morgan fingerprint density at radius 2 is 1.82 bits per heavy atom. The number of esters is 1. The lowest BCUT2D eigenvalue weighted by molar-refractivity contribution is -0.143. The molecule has 0 aliphatic carbocycles. The molecule has 0 bridgehead atoms. The summed E-state index contributed by atoms with van der Waals surface area (Å²) in [5, 5.41) is 3.70. The minimum absolute atomic E-state index is 0.261. The molecule has 0 aliphatic heterocycles. The third kappa shape index (κ3) is 8.11. The van der Waals surface area contributed by atoms with E-state index in [4.69, 9.17) is 4.74 Å². The van der Waals surface area contributed by atoms with Crippen LogP contribution in [-0.4, -0.2) is 53.0 Å². The fraction of sp³-hybridized carbons (Fsp3) is 0.250. The Labute approximate surface area is 187 Å². The molecule has 13 heteroatoms. The SMILES string of the molecule is COC(=O)COc1ccc(/C=N\NC(=O)CN(c2cccc(C(F)(F)F)c2)S(C)(=O)=O)cc1. The second-order valence-electron chi connectivity index (χ2n) is 6.54. The first-order chi connectivity index (χ1) is 15.4. The third-order valence-electron chi connectivity index (χ3n) is 4.02. The van der Waals surface area contributed by atoms with Crippen LogP contribution in [0.15, 0.2) is 53.6 Å². The number of benzene rings is 2. The number of carbonyl (C=O) groups is 2. The average molecular weight is 487 g/mol. The molecule has 0 atom stereocenters. The first kappa shape index (κ1) is 25.6. The van der Waals surface area contributed by atoms with E-state index < -0.39 is 40.2 Å². The molecular formula is C20H20F3N3O6S. The molecule has 0 saturated heterocycles. The summed E-state index contributed by atoms with van der Waals surface area (Å²) in [7, 11) is -2.83. The van der Waals surface area contributed by atoms with E-state index >= 15 is 0 Å². The highest BCUT2D eigenvalue weighted by Crippen LogP contribution is 2.32. The number of amides is 1. The van der Waals surface area contributed by atoms with Gasteiger partial charge in [-0.05, 0) is 48.0 Å². The molecule has 0 heterocycles. The van der Waals surface area contributed by atoms with Gasteiger partial charge in [0.1, 0.15) is 12.3 Å². The molecule has 0 saturated carbocycles. The van der Waals surface area contributed by atoms with Crippen molar-refractivity contribution in [3.63, 3.8) is 0 Å². The zero-order valence-electron chi connectivity index (χ0n) is 17.5. The molecule has 178 valence electrons. The van der Waals surface area contributed by atoms with Gasteiger partial charge in [0, 0.05) is 0 Å². The fourth-order valence-corrected chi connectivity index (χ4v) is 3.28. The molecule has 0 fully saturated rings. The van der Waals surface area contributed by atoms with Gasteiger partial charge in [-0.2, -0.15) is 18.3 Å². The van der Waals surface area contributed by atoms with Crippen molar-refractivity contribution in [2.24, 2.45) is 5.10 Å². The first-order valence-corrected chi connectivity index (χ1v) is 11.0. The standard InChI is InChI=1S/C20H20F3N3O6S/c1-31-19(28)13-32-17-8-6-14(7-9-17)11-24-25-18(27)12-26(33(2,29)30)16-5-3-4-15(10-16)20(21,22)23/h3-11H,12-13H2,1-2H3,(H,25,27)/b24-11-. The molecule has 9 nitrogen and oxygen atoms in total. The van der Waals surface area contributed by atoms with Crippen molar-refractivity contribution in [2.45, 2.75) is 6.18 Å². The quantitative estimate of drug-likeness (QED) is 0.330. The van der Waals surface area contributed by atoms with Gasteiger partial charge in [0.15, 0.2) is 6.61 Å². The van der Waals surface area contributed by atoms with Gasteiger partial charge in [0.2, 0.25) is 10.0 Å². The first-order valence-electron chi connectivity index (χ1n) is 9.16. The van der Waals surface area contributed by atoms with Gasteiger partial charge in [-0.15, -0.1) is 0 Å². The van der Waals surface area contributed by atoms with Crippen LogP contribution in [0.25, 0.3) is 0 Å². The number of rotatable bonds is 9. The summed E-state index contributed by atoms with van der Waals surface area (Å²) < 4.78 is 73.1. The van der Waals surface area contributed by atoms with Gasteiger partial charge < -0.3 is 9.47 Å². The van der Waals surface area contributed by atoms with E-state index in [1.165, 1.54) is 13.3 Å². The van der Waals surface area contributed by atoms with E-state index in [9.17, 15) is 31.2 Å². The third-order valence-corrected chi connectivity index (χ3v) is 5.16. The summed E-state index contributed by atoms with van der Waals surface area (Å²) in [5.41, 5.74) is 1.30. The molecule has 1 amide bonds. The number of sulfonamides is 1. The summed E-state index contributed by atoms with van der Waals surface area (Å²) >= 11 is 0. The maximum Gasteiger partial charge on any atom is 0.416 e. The van der Waals surface area contributed by atoms with Crippen molar-refractivity contribution in [2.75, 3.05) is 30.8 Å². The Morgan fingerprint density at radius 3 is 2.39 bits per heavy atom. The van der Waals surface area contributed by atoms with E-state index in [-0.39, 0.29) is 12.3 Å². The number of carbonyl (C=O) groups excluding carboxylic acids is 2. The number of hydrogen-bond acceptors (Lipinski definition) is 7. The number of nitrogens with one attached hydrogen (secondary N) is 1. The van der Waals surface area contributed by atoms with Crippen molar-refractivity contribution >= 4 is 33.8 Å². The number of nitrogens with zero attached hydrogens (tertiary/aromatic N) is 2. The Balaban J connectivity index is 2.02. The Morgan fingerprint density at radius 1 is 1.15 bits per heavy atom. The summed E-state index contributed by atoms with van der Waals surface area (Å²) in [5.74, 6) is -1.02. The van der Waals surface area contributed by atoms with Crippen LogP contribution in [0.4, 0.5) is 18.9 Å². The lowest BCUT2D eigenvalue weighted by Gasteiger charge is -2.22. The van der Waals surface area contributed by atoms with E-state index in [2.05, 4.69) is 15.3 Å². The molecule has 0 unspecified atom stereocenters. The summed E-state index contributed by atoms with van der Waals surface area (Å²) in [6, 6.07) is 9.88. The van der Waals surface area contributed by atoms with Gasteiger partial charge in [-0.1, -0.05) is 6.07 Å². The molecule has 33 heavy (non-hydrogen) atoms. The summed E-state index contributed by atoms with van der Waals surface area (Å²) in [4.78, 5) is 23.2. The van der Waals surface area contributed by atoms with Gasteiger partial charge in [0.05, 0.1) is 30.8 Å². The minimum atomic E-state index is -4.67. The highest BCUT2D eigenvalue weighted by atomic mass is 32.2. The Bertz CT molecular complexity index is 1120. The number of hydrogen-bond donors (Lipinski definition) is 1. The molecule has 2 aromatic carbocycles. The fourth-order valence-electron chi connectivity index (χ4n) is 2.43. The molecule has 1 N–H and O–H groups in total. The second-order valence-corrected chi connectivity index (χ2v) is 8.45. The highest BCUT2D eigenvalue weighted by Gasteiger charge is 2.32. The van der Waals surface area contributed by atoms with Crippen LogP contribution < -0.4 is 14.5 Å². The molecule has 0 aliphatic rings. The number of anilines is 1. The van der Waals surface area contributed by atoms with Crippen molar-refractivity contribution < 1.29 is 40.7 Å². The minimum Gasteiger partial charge on any atom is -0.482 e. The molecular weight excluding hydrogens is 467 g/mol. The lowest BCUT2D eigenvalue weighted by atomic mass is 10.2. The average Bonchev–Trinajstić information content (AvgIpc) is 2.75. The van der Waals surface area contributed by atoms with Gasteiger partial charge in [-0.3, -0.25) is 9.10 Å². The van der Waals surface area contributed by atoms with Crippen molar-refractivity contribution in [1.29, 1.82) is 0 Å². The maximum atomic E-state index is 12.9. The van der Waals surface area contributed by atoms with E-state index in [0.29, 0.717) is 21.7 Å². The van der Waals surface area contributed by atoms with Gasteiger partial charge in [-0.25, -0.2) is 18.6 Å². The van der Waals surface area contributed by atoms with Crippen molar-refractivity contribution in [1.82, 2.24) is 5.43 Å². The van der Waals surface area contributed by atoms with Crippen LogP contribution in [0.5, 0.6) is 5.75 Å². The largest absolute Gasteiger partial charge is 0.482 e. The monoisotopic (exact) mass is 487 g/mol. The topological polar surface area (TPSA) is 114 Å². The zero-order valence-corrected chi connectivity index (χ0v) is 18.3. The van der Waals surface area contributed by atoms with E-state index in [1.807, 2.05) is 0 Å². The smallest absolute Gasteiger partial charge is 0.416 e. The van der Waals surface area contributed by atoms with Crippen molar-refractivity contribution in [3.05, 3.63) is 59.7 Å². The number of ether oxygens (including phenoxy) is 2. The van der Waals surface area contributed by atoms with E-state index in [0.717, 1.165) is 24.5 Å². The second kappa shape index (κ2) is 10.8. The van der Waals surface area contributed by atoms with Gasteiger partial charge >= 0.3 is 12.1 Å². The number of hydrazone groups is 1. The number of alkyl halides is 3. The van der Waals surface area contributed by atoms with E-state index in [1.54, 1.807) is 24.3 Å². The molecule has 0 radical (unpaired) electrons. The van der Waals surface area contributed by atoms with Crippen LogP contribution in [0.2, 0.25) is 0 Å². The van der Waals surface area contributed by atoms with Crippen LogP contribution in [0, 0.1) is 0 Å². The molecule has 2 rings (SSSR count). The maximum absolute atomic E-state index is 12.9. The molecule has 0 spiro atoms. The highest BCUT2D eigenvalue weighted by molar-refractivity contribution is 7.92. The van der Waals surface area contributed by atoms with Crippen LogP contribution in [0.1, 0.15) is 11.1 Å². The van der Waals surface area contributed by atoms with Gasteiger partial charge in [0.25, 0.3) is 5.91 Å². The van der Waals surface area contributed by atoms with Crippen LogP contribution in [0.3, 0.4) is 0 Å². The normalized spacial score (nSPS) is 11.8. The number of halogens is 3.